The maximum absolute atomic E-state index is 11.9. The number of anilines is 1. The first kappa shape index (κ1) is 19.8. The van der Waals surface area contributed by atoms with E-state index in [4.69, 9.17) is 0 Å². The second kappa shape index (κ2) is 8.45. The van der Waals surface area contributed by atoms with E-state index in [0.29, 0.717) is 23.4 Å². The highest BCUT2D eigenvalue weighted by atomic mass is 32.2. The van der Waals surface area contributed by atoms with Gasteiger partial charge in [0.2, 0.25) is 5.95 Å². The summed E-state index contributed by atoms with van der Waals surface area (Å²) >= 11 is 1.51. The highest BCUT2D eigenvalue weighted by Gasteiger charge is 2.28. The van der Waals surface area contributed by atoms with Crippen LogP contribution in [0.2, 0.25) is 0 Å². The zero-order chi connectivity index (χ0) is 20.4. The molecule has 1 aliphatic heterocycles. The number of aromatic nitrogens is 3. The number of amidine groups is 1. The molecule has 0 saturated heterocycles. The Balaban J connectivity index is 1.49. The van der Waals surface area contributed by atoms with Crippen molar-refractivity contribution in [1.29, 1.82) is 0 Å². The standard InChI is InChI=1S/C22H25N5OS/c1-13(2)18(28)11-15-4-8-17(9-5-15)29-22-26-20(16-6-7-16)25-21(27-22)24-19-10-14(3)12-23-19/h4-5,8-10,13,16H,6-7,11-12H2,1-3H3,(H,23,24,25,26,27). The molecule has 1 saturated carbocycles. The molecule has 0 atom stereocenters. The topological polar surface area (TPSA) is 80.1 Å². The van der Waals surface area contributed by atoms with E-state index in [-0.39, 0.29) is 11.7 Å². The second-order valence-electron chi connectivity index (χ2n) is 7.94. The fourth-order valence-electron chi connectivity index (χ4n) is 2.91. The van der Waals surface area contributed by atoms with Gasteiger partial charge in [0.25, 0.3) is 0 Å². The van der Waals surface area contributed by atoms with Crippen molar-refractivity contribution in [1.82, 2.24) is 15.0 Å². The summed E-state index contributed by atoms with van der Waals surface area (Å²) in [5, 5.41) is 3.90. The Hall–Kier alpha value is -2.54. The summed E-state index contributed by atoms with van der Waals surface area (Å²) in [7, 11) is 0. The van der Waals surface area contributed by atoms with Crippen LogP contribution >= 0.6 is 11.8 Å². The summed E-state index contributed by atoms with van der Waals surface area (Å²) < 4.78 is 0. The lowest BCUT2D eigenvalue weighted by Crippen LogP contribution is -2.12. The number of hydrogen-bond donors (Lipinski definition) is 1. The molecular weight excluding hydrogens is 382 g/mol. The molecule has 2 heterocycles. The number of carbonyl (C=O) groups excluding carboxylic acids is 1. The van der Waals surface area contributed by atoms with Crippen LogP contribution in [0.4, 0.5) is 5.95 Å². The van der Waals surface area contributed by atoms with Gasteiger partial charge in [0.05, 0.1) is 6.54 Å². The van der Waals surface area contributed by atoms with Gasteiger partial charge in [-0.3, -0.25) is 9.79 Å². The molecule has 1 fully saturated rings. The molecule has 1 aromatic carbocycles. The van der Waals surface area contributed by atoms with E-state index in [2.05, 4.69) is 32.2 Å². The van der Waals surface area contributed by atoms with E-state index >= 15 is 0 Å². The fourth-order valence-corrected chi connectivity index (χ4v) is 3.66. The number of benzene rings is 1. The predicted octanol–water partition coefficient (Wildman–Crippen LogP) is 4.44. The zero-order valence-electron chi connectivity index (χ0n) is 17.0. The molecule has 6 nitrogen and oxygen atoms in total. The van der Waals surface area contributed by atoms with Crippen molar-refractivity contribution >= 4 is 29.3 Å². The van der Waals surface area contributed by atoms with Gasteiger partial charge in [0.15, 0.2) is 5.16 Å². The number of ketones is 1. The molecule has 29 heavy (non-hydrogen) atoms. The van der Waals surface area contributed by atoms with Crippen LogP contribution in [0.5, 0.6) is 0 Å². The Morgan fingerprint density at radius 1 is 1.17 bits per heavy atom. The van der Waals surface area contributed by atoms with E-state index in [0.717, 1.165) is 41.5 Å². The minimum absolute atomic E-state index is 0.0594. The molecule has 7 heteroatoms. The van der Waals surface area contributed by atoms with E-state index < -0.39 is 0 Å². The molecule has 4 rings (SSSR count). The van der Waals surface area contributed by atoms with E-state index in [1.165, 1.54) is 17.3 Å². The molecule has 0 radical (unpaired) electrons. The number of nitrogens with one attached hydrogen (secondary N) is 1. The molecule has 2 aliphatic rings. The first-order valence-corrected chi connectivity index (χ1v) is 10.8. The van der Waals surface area contributed by atoms with Crippen molar-refractivity contribution in [2.45, 2.75) is 56.0 Å². The summed E-state index contributed by atoms with van der Waals surface area (Å²) in [5.74, 6) is 2.95. The van der Waals surface area contributed by atoms with Crippen LogP contribution < -0.4 is 5.32 Å². The average molecular weight is 408 g/mol. The van der Waals surface area contributed by atoms with Crippen molar-refractivity contribution in [2.24, 2.45) is 10.9 Å². The number of rotatable bonds is 7. The molecule has 1 N–H and O–H groups in total. The predicted molar refractivity (Wildman–Crippen MR) is 116 cm³/mol. The van der Waals surface area contributed by atoms with Crippen molar-refractivity contribution in [2.75, 3.05) is 11.9 Å². The van der Waals surface area contributed by atoms with Gasteiger partial charge in [-0.2, -0.15) is 9.97 Å². The number of nitrogens with zero attached hydrogens (tertiary/aromatic N) is 4. The zero-order valence-corrected chi connectivity index (χ0v) is 17.8. The van der Waals surface area contributed by atoms with Gasteiger partial charge in [-0.1, -0.05) is 26.0 Å². The Morgan fingerprint density at radius 3 is 2.55 bits per heavy atom. The smallest absolute Gasteiger partial charge is 0.232 e. The minimum atomic E-state index is 0.0594. The Labute approximate surface area is 175 Å². The third-order valence-electron chi connectivity index (χ3n) is 4.85. The minimum Gasteiger partial charge on any atom is -0.309 e. The molecule has 1 aromatic heterocycles. The van der Waals surface area contributed by atoms with Crippen molar-refractivity contribution in [3.63, 3.8) is 0 Å². The second-order valence-corrected chi connectivity index (χ2v) is 8.98. The van der Waals surface area contributed by atoms with Gasteiger partial charge in [0, 0.05) is 23.2 Å². The molecule has 0 amide bonds. The quantitative estimate of drug-likeness (QED) is 0.731. The summed E-state index contributed by atoms with van der Waals surface area (Å²) in [4.78, 5) is 31.3. The average Bonchev–Trinajstić information content (AvgIpc) is 3.46. The lowest BCUT2D eigenvalue weighted by Gasteiger charge is -2.08. The highest BCUT2D eigenvalue weighted by molar-refractivity contribution is 7.99. The molecule has 150 valence electrons. The number of aliphatic imine (C=N–C) groups is 1. The summed E-state index contributed by atoms with van der Waals surface area (Å²) in [6.07, 6.45) is 4.76. The fraction of sp³-hybridized carbons (Fsp3) is 0.409. The lowest BCUT2D eigenvalue weighted by atomic mass is 10.0. The van der Waals surface area contributed by atoms with Crippen LogP contribution in [0.15, 0.2) is 51.0 Å². The van der Waals surface area contributed by atoms with E-state index in [1.807, 2.05) is 44.2 Å². The van der Waals surface area contributed by atoms with E-state index in [9.17, 15) is 4.79 Å². The van der Waals surface area contributed by atoms with Crippen LogP contribution in [0.1, 0.15) is 50.9 Å². The maximum atomic E-state index is 11.9. The van der Waals surface area contributed by atoms with Crippen LogP contribution in [-0.2, 0) is 11.2 Å². The van der Waals surface area contributed by atoms with Crippen molar-refractivity contribution in [3.8, 4) is 0 Å². The molecule has 2 aromatic rings. The number of carbonyl (C=O) groups is 1. The SMILES string of the molecule is CC1=CC(Nc2nc(Sc3ccc(CC(=O)C(C)C)cc3)nc(C3CC3)n2)=NC1. The molecule has 1 aliphatic carbocycles. The third-order valence-corrected chi connectivity index (χ3v) is 5.72. The first-order chi connectivity index (χ1) is 14.0. The van der Waals surface area contributed by atoms with Gasteiger partial charge in [0.1, 0.15) is 17.4 Å². The maximum Gasteiger partial charge on any atom is 0.232 e. The van der Waals surface area contributed by atoms with Gasteiger partial charge >= 0.3 is 0 Å². The number of hydrogen-bond acceptors (Lipinski definition) is 7. The lowest BCUT2D eigenvalue weighted by molar-refractivity contribution is -0.121. The first-order valence-electron chi connectivity index (χ1n) is 10.0. The molecular formula is C22H25N5OS. The van der Waals surface area contributed by atoms with Crippen LogP contribution in [0.3, 0.4) is 0 Å². The van der Waals surface area contributed by atoms with Crippen molar-refractivity contribution in [3.05, 3.63) is 47.3 Å². The van der Waals surface area contributed by atoms with Gasteiger partial charge in [-0.15, -0.1) is 0 Å². The monoisotopic (exact) mass is 407 g/mol. The van der Waals surface area contributed by atoms with E-state index in [1.54, 1.807) is 0 Å². The van der Waals surface area contributed by atoms with Crippen molar-refractivity contribution < 1.29 is 4.79 Å². The summed E-state index contributed by atoms with van der Waals surface area (Å²) in [6, 6.07) is 8.06. The van der Waals surface area contributed by atoms with Gasteiger partial charge in [-0.25, -0.2) is 4.98 Å². The normalized spacial score (nSPS) is 16.0. The Kier molecular flexibility index (Phi) is 5.76. The highest BCUT2D eigenvalue weighted by Crippen LogP contribution is 2.39. The van der Waals surface area contributed by atoms with Crippen LogP contribution in [-0.4, -0.2) is 33.1 Å². The van der Waals surface area contributed by atoms with Gasteiger partial charge in [-0.05, 0) is 60.9 Å². The molecule has 0 spiro atoms. The van der Waals surface area contributed by atoms with Crippen LogP contribution in [0, 0.1) is 5.92 Å². The number of Topliss-reactive ketones (excluding diaryl/α,β-unsaturated/α-hetero) is 1. The Morgan fingerprint density at radius 2 is 1.93 bits per heavy atom. The van der Waals surface area contributed by atoms with Gasteiger partial charge < -0.3 is 5.32 Å². The largest absolute Gasteiger partial charge is 0.309 e. The van der Waals surface area contributed by atoms with Crippen LogP contribution in [0.25, 0.3) is 0 Å². The Bertz CT molecular complexity index is 977. The summed E-state index contributed by atoms with van der Waals surface area (Å²) in [6.45, 7) is 6.65. The third kappa shape index (κ3) is 5.29. The summed E-state index contributed by atoms with van der Waals surface area (Å²) in [5.41, 5.74) is 2.25. The molecule has 0 bridgehead atoms. The molecule has 0 unspecified atom stereocenters.